The van der Waals surface area contributed by atoms with Gasteiger partial charge >= 0.3 is 0 Å². The Kier molecular flexibility index (Phi) is 3.62. The molecule has 0 N–H and O–H groups in total. The standard InChI is InChI=1S/C26H20N2O4/c1-14-11-12-16(13-15(14)2)27-24(29)22-21-17-7-3-5-9-19(17)26(28(31)32,23(22)25(27)30)20-10-6-4-8-18(20)21/h3-13,21-23H,1-2H3/t21?,22-,23+,26?/m1/s1. The second-order valence-corrected chi connectivity index (χ2v) is 8.96. The van der Waals surface area contributed by atoms with Crippen LogP contribution in [0.5, 0.6) is 0 Å². The number of nitro groups is 1. The number of imide groups is 1. The van der Waals surface area contributed by atoms with E-state index in [1.54, 1.807) is 30.3 Å². The normalized spacial score (nSPS) is 27.2. The van der Waals surface area contributed by atoms with Crippen LogP contribution >= 0.6 is 0 Å². The molecule has 0 radical (unpaired) electrons. The Morgan fingerprint density at radius 1 is 0.844 bits per heavy atom. The lowest BCUT2D eigenvalue weighted by Crippen LogP contribution is -2.57. The minimum absolute atomic E-state index is 0.340. The molecular weight excluding hydrogens is 404 g/mol. The van der Waals surface area contributed by atoms with Crippen LogP contribution in [-0.2, 0) is 15.1 Å². The molecule has 0 aromatic heterocycles. The van der Waals surface area contributed by atoms with E-state index < -0.39 is 23.3 Å². The van der Waals surface area contributed by atoms with Gasteiger partial charge < -0.3 is 0 Å². The van der Waals surface area contributed by atoms with Crippen LogP contribution in [0.4, 0.5) is 5.69 Å². The quantitative estimate of drug-likeness (QED) is 0.353. The van der Waals surface area contributed by atoms with Gasteiger partial charge in [-0.25, -0.2) is 4.90 Å². The van der Waals surface area contributed by atoms with Crippen LogP contribution in [0.1, 0.15) is 39.3 Å². The Labute approximate surface area is 184 Å². The molecule has 1 saturated heterocycles. The van der Waals surface area contributed by atoms with E-state index in [0.29, 0.717) is 16.8 Å². The third kappa shape index (κ3) is 2.00. The fourth-order valence-corrected chi connectivity index (χ4v) is 6.16. The number of hydrogen-bond donors (Lipinski definition) is 0. The van der Waals surface area contributed by atoms with Gasteiger partial charge in [0.15, 0.2) is 0 Å². The average molecular weight is 424 g/mol. The van der Waals surface area contributed by atoms with Crippen molar-refractivity contribution in [3.63, 3.8) is 0 Å². The first-order valence-corrected chi connectivity index (χ1v) is 10.7. The maximum Gasteiger partial charge on any atom is 0.285 e. The number of aryl methyl sites for hydroxylation is 2. The van der Waals surface area contributed by atoms with Crippen LogP contribution < -0.4 is 4.90 Å². The van der Waals surface area contributed by atoms with Crippen molar-refractivity contribution in [2.75, 3.05) is 4.90 Å². The fraction of sp³-hybridized carbons (Fsp3) is 0.231. The summed E-state index contributed by atoms with van der Waals surface area (Å²) in [5.74, 6) is -3.12. The highest BCUT2D eigenvalue weighted by atomic mass is 16.6. The van der Waals surface area contributed by atoms with Crippen LogP contribution in [0.25, 0.3) is 0 Å². The second kappa shape index (κ2) is 6.13. The van der Waals surface area contributed by atoms with Gasteiger partial charge in [-0.05, 0) is 48.2 Å². The second-order valence-electron chi connectivity index (χ2n) is 8.96. The van der Waals surface area contributed by atoms with E-state index >= 15 is 0 Å². The van der Waals surface area contributed by atoms with Crippen molar-refractivity contribution in [3.05, 3.63) is 110 Å². The van der Waals surface area contributed by atoms with Crippen molar-refractivity contribution in [2.24, 2.45) is 11.8 Å². The first-order valence-electron chi connectivity index (χ1n) is 10.7. The number of nitrogens with zero attached hydrogens (tertiary/aromatic N) is 2. The lowest BCUT2D eigenvalue weighted by molar-refractivity contribution is -0.578. The van der Waals surface area contributed by atoms with E-state index in [1.807, 2.05) is 50.2 Å². The predicted molar refractivity (Wildman–Crippen MR) is 118 cm³/mol. The van der Waals surface area contributed by atoms with E-state index in [9.17, 15) is 19.7 Å². The summed E-state index contributed by atoms with van der Waals surface area (Å²) in [6, 6.07) is 19.9. The van der Waals surface area contributed by atoms with Crippen molar-refractivity contribution < 1.29 is 14.5 Å². The molecule has 1 heterocycles. The van der Waals surface area contributed by atoms with E-state index in [2.05, 4.69) is 0 Å². The monoisotopic (exact) mass is 424 g/mol. The number of benzene rings is 3. The molecule has 32 heavy (non-hydrogen) atoms. The van der Waals surface area contributed by atoms with Crippen molar-refractivity contribution in [1.82, 2.24) is 0 Å². The minimum atomic E-state index is -1.78. The highest BCUT2D eigenvalue weighted by Crippen LogP contribution is 2.64. The summed E-state index contributed by atoms with van der Waals surface area (Å²) in [6.45, 7) is 3.88. The lowest BCUT2D eigenvalue weighted by Gasteiger charge is -2.48. The Bertz CT molecular complexity index is 1310. The molecule has 4 aliphatic rings. The van der Waals surface area contributed by atoms with Crippen molar-refractivity contribution in [1.29, 1.82) is 0 Å². The number of amides is 2. The number of rotatable bonds is 2. The van der Waals surface area contributed by atoms with E-state index in [4.69, 9.17) is 0 Å². The Morgan fingerprint density at radius 3 is 2.00 bits per heavy atom. The molecule has 158 valence electrons. The molecule has 1 aliphatic heterocycles. The number of hydrogen-bond acceptors (Lipinski definition) is 4. The third-order valence-electron chi connectivity index (χ3n) is 7.61. The summed E-state index contributed by atoms with van der Waals surface area (Å²) >= 11 is 0. The average Bonchev–Trinajstić information content (AvgIpc) is 3.06. The van der Waals surface area contributed by atoms with Crippen molar-refractivity contribution >= 4 is 17.5 Å². The molecule has 0 saturated carbocycles. The Morgan fingerprint density at radius 2 is 1.44 bits per heavy atom. The summed E-state index contributed by atoms with van der Waals surface area (Å²) in [5.41, 5.74) is 3.29. The molecule has 3 aromatic carbocycles. The largest absolute Gasteiger partial charge is 0.285 e. The SMILES string of the molecule is Cc1ccc(N2C(=O)[C@@H]3C4c5ccccc5C([N+](=O)[O-])(c5ccccc54)[C@@H]3C2=O)cc1C. The van der Waals surface area contributed by atoms with Gasteiger partial charge in [-0.15, -0.1) is 0 Å². The van der Waals surface area contributed by atoms with Gasteiger partial charge in [0.05, 0.1) is 11.6 Å². The van der Waals surface area contributed by atoms with Crippen LogP contribution in [0.2, 0.25) is 0 Å². The van der Waals surface area contributed by atoms with Crippen LogP contribution in [0.15, 0.2) is 66.7 Å². The molecule has 1 fully saturated rings. The molecule has 3 aliphatic carbocycles. The summed E-state index contributed by atoms with van der Waals surface area (Å²) in [6.07, 6.45) is 0. The Balaban J connectivity index is 1.66. The molecule has 2 atom stereocenters. The molecule has 6 heteroatoms. The molecular formula is C26H20N2O4. The van der Waals surface area contributed by atoms with E-state index in [1.165, 1.54) is 4.90 Å². The smallest absolute Gasteiger partial charge is 0.274 e. The van der Waals surface area contributed by atoms with Gasteiger partial charge in [0, 0.05) is 22.0 Å². The summed E-state index contributed by atoms with van der Waals surface area (Å²) < 4.78 is 0. The third-order valence-corrected chi connectivity index (χ3v) is 7.61. The van der Waals surface area contributed by atoms with Crippen LogP contribution in [-0.4, -0.2) is 16.7 Å². The topological polar surface area (TPSA) is 80.5 Å². The number of carbonyl (C=O) groups excluding carboxylic acids is 2. The zero-order valence-corrected chi connectivity index (χ0v) is 17.6. The molecule has 2 amide bonds. The number of carbonyl (C=O) groups is 2. The highest BCUT2D eigenvalue weighted by molar-refractivity contribution is 6.23. The predicted octanol–water partition coefficient (Wildman–Crippen LogP) is 4.09. The highest BCUT2D eigenvalue weighted by Gasteiger charge is 2.74. The van der Waals surface area contributed by atoms with Gasteiger partial charge in [0.1, 0.15) is 5.92 Å². The first kappa shape index (κ1) is 18.9. The molecule has 2 bridgehead atoms. The maximum atomic E-state index is 13.9. The summed E-state index contributed by atoms with van der Waals surface area (Å²) in [5, 5.41) is 12.9. The zero-order valence-electron chi connectivity index (χ0n) is 17.6. The molecule has 0 spiro atoms. The summed E-state index contributed by atoms with van der Waals surface area (Å²) in [4.78, 5) is 41.4. The number of anilines is 1. The van der Waals surface area contributed by atoms with E-state index in [-0.39, 0.29) is 16.7 Å². The molecule has 6 nitrogen and oxygen atoms in total. The molecule has 0 unspecified atom stereocenters. The first-order chi connectivity index (χ1) is 15.4. The van der Waals surface area contributed by atoms with Gasteiger partial charge in [0.2, 0.25) is 11.8 Å². The summed E-state index contributed by atoms with van der Waals surface area (Å²) in [7, 11) is 0. The molecule has 7 rings (SSSR count). The van der Waals surface area contributed by atoms with Crippen LogP contribution in [0, 0.1) is 35.8 Å². The molecule has 3 aromatic rings. The van der Waals surface area contributed by atoms with E-state index in [0.717, 1.165) is 22.3 Å². The zero-order chi connectivity index (χ0) is 22.4. The van der Waals surface area contributed by atoms with Gasteiger partial charge in [-0.1, -0.05) is 54.6 Å². The maximum absolute atomic E-state index is 13.9. The Hall–Kier alpha value is -3.80. The van der Waals surface area contributed by atoms with Crippen LogP contribution in [0.3, 0.4) is 0 Å². The van der Waals surface area contributed by atoms with Gasteiger partial charge in [-0.3, -0.25) is 19.7 Å². The minimum Gasteiger partial charge on any atom is -0.274 e. The lowest BCUT2D eigenvalue weighted by atomic mass is 9.51. The fourth-order valence-electron chi connectivity index (χ4n) is 6.16. The van der Waals surface area contributed by atoms with Gasteiger partial charge in [-0.2, -0.15) is 0 Å². The van der Waals surface area contributed by atoms with Crippen molar-refractivity contribution in [3.8, 4) is 0 Å². The van der Waals surface area contributed by atoms with Crippen molar-refractivity contribution in [2.45, 2.75) is 25.3 Å². The van der Waals surface area contributed by atoms with Gasteiger partial charge in [0.25, 0.3) is 5.54 Å².